The van der Waals surface area contributed by atoms with Crippen LogP contribution in [-0.4, -0.2) is 44.9 Å². The van der Waals surface area contributed by atoms with Crippen molar-refractivity contribution in [3.8, 4) is 5.75 Å². The van der Waals surface area contributed by atoms with Gasteiger partial charge in [0.2, 0.25) is 15.9 Å². The Balaban J connectivity index is 1.26. The first-order chi connectivity index (χ1) is 15.9. The van der Waals surface area contributed by atoms with Gasteiger partial charge in [0.15, 0.2) is 0 Å². The van der Waals surface area contributed by atoms with Gasteiger partial charge in [0.05, 0.1) is 18.2 Å². The predicted octanol–water partition coefficient (Wildman–Crippen LogP) is 4.23. The molecule has 1 aliphatic rings. The van der Waals surface area contributed by atoms with Gasteiger partial charge in [0.1, 0.15) is 12.4 Å². The Bertz CT molecular complexity index is 1210. The van der Waals surface area contributed by atoms with Crippen molar-refractivity contribution in [2.24, 2.45) is 5.92 Å². The maximum atomic E-state index is 12.9. The minimum absolute atomic E-state index is 0.0991. The van der Waals surface area contributed by atoms with Crippen molar-refractivity contribution in [2.75, 3.05) is 26.2 Å². The number of benzene rings is 3. The average Bonchev–Trinajstić information content (AvgIpc) is 2.83. The molecule has 1 atom stereocenters. The second kappa shape index (κ2) is 10.5. The predicted molar refractivity (Wildman–Crippen MR) is 131 cm³/mol. The second-order valence-corrected chi connectivity index (χ2v) is 10.6. The fourth-order valence-electron chi connectivity index (χ4n) is 4.04. The first-order valence-corrected chi connectivity index (χ1v) is 13.0. The summed E-state index contributed by atoms with van der Waals surface area (Å²) >= 11 is 5.88. The number of ether oxygens (including phenoxy) is 1. The lowest BCUT2D eigenvalue weighted by atomic mass is 9.99. The first kappa shape index (κ1) is 23.5. The zero-order valence-corrected chi connectivity index (χ0v) is 19.8. The van der Waals surface area contributed by atoms with Gasteiger partial charge in [0.25, 0.3) is 0 Å². The molecule has 33 heavy (non-hydrogen) atoms. The van der Waals surface area contributed by atoms with Crippen molar-refractivity contribution >= 4 is 38.3 Å². The molecular weight excluding hydrogens is 460 g/mol. The van der Waals surface area contributed by atoms with Crippen LogP contribution in [0.4, 0.5) is 0 Å². The smallest absolute Gasteiger partial charge is 0.224 e. The molecule has 0 unspecified atom stereocenters. The summed E-state index contributed by atoms with van der Waals surface area (Å²) in [6.07, 6.45) is 1.33. The highest BCUT2D eigenvalue weighted by molar-refractivity contribution is 7.88. The summed E-state index contributed by atoms with van der Waals surface area (Å²) in [6.45, 7) is 1.34. The number of fused-ring (bicyclic) bond motifs is 1. The number of carbonyl (C=O) groups is 1. The van der Waals surface area contributed by atoms with E-state index in [1.165, 1.54) is 4.31 Å². The second-order valence-electron chi connectivity index (χ2n) is 8.23. The van der Waals surface area contributed by atoms with Crippen LogP contribution >= 0.6 is 11.6 Å². The van der Waals surface area contributed by atoms with Crippen LogP contribution in [0.2, 0.25) is 5.02 Å². The molecule has 0 radical (unpaired) electrons. The van der Waals surface area contributed by atoms with Crippen LogP contribution in [-0.2, 0) is 20.6 Å². The topological polar surface area (TPSA) is 75.7 Å². The van der Waals surface area contributed by atoms with Crippen molar-refractivity contribution in [2.45, 2.75) is 18.6 Å². The summed E-state index contributed by atoms with van der Waals surface area (Å²) in [7, 11) is -3.51. The van der Waals surface area contributed by atoms with Gasteiger partial charge in [-0.25, -0.2) is 12.7 Å². The normalized spacial score (nSPS) is 17.1. The summed E-state index contributed by atoms with van der Waals surface area (Å²) in [5.74, 6) is 0.154. The Morgan fingerprint density at radius 2 is 1.82 bits per heavy atom. The van der Waals surface area contributed by atoms with E-state index in [9.17, 15) is 13.2 Å². The average molecular weight is 487 g/mol. The van der Waals surface area contributed by atoms with E-state index in [2.05, 4.69) is 5.32 Å². The summed E-state index contributed by atoms with van der Waals surface area (Å²) < 4.78 is 32.9. The van der Waals surface area contributed by atoms with E-state index in [1.807, 2.05) is 42.5 Å². The molecule has 1 aliphatic heterocycles. The summed E-state index contributed by atoms with van der Waals surface area (Å²) in [4.78, 5) is 12.6. The summed E-state index contributed by atoms with van der Waals surface area (Å²) in [6, 6.07) is 20.7. The number of nitrogens with zero attached hydrogens (tertiary/aromatic N) is 1. The van der Waals surface area contributed by atoms with Crippen LogP contribution in [0.3, 0.4) is 0 Å². The van der Waals surface area contributed by atoms with E-state index in [0.29, 0.717) is 43.1 Å². The third kappa shape index (κ3) is 6.25. The fourth-order valence-corrected chi connectivity index (χ4v) is 5.77. The molecule has 6 nitrogen and oxygen atoms in total. The molecule has 174 valence electrons. The Kier molecular flexibility index (Phi) is 7.53. The lowest BCUT2D eigenvalue weighted by Gasteiger charge is -2.31. The van der Waals surface area contributed by atoms with E-state index in [1.54, 1.807) is 24.3 Å². The lowest BCUT2D eigenvalue weighted by molar-refractivity contribution is -0.126. The van der Waals surface area contributed by atoms with E-state index in [0.717, 1.165) is 16.5 Å². The van der Waals surface area contributed by atoms with Gasteiger partial charge >= 0.3 is 0 Å². The summed E-state index contributed by atoms with van der Waals surface area (Å²) in [5, 5.41) is 5.70. The molecule has 1 amide bonds. The number of sulfonamides is 1. The van der Waals surface area contributed by atoms with Gasteiger partial charge in [-0.3, -0.25) is 4.79 Å². The van der Waals surface area contributed by atoms with Gasteiger partial charge in [-0.15, -0.1) is 0 Å². The van der Waals surface area contributed by atoms with E-state index in [-0.39, 0.29) is 24.1 Å². The third-order valence-electron chi connectivity index (χ3n) is 5.80. The quantitative estimate of drug-likeness (QED) is 0.483. The highest BCUT2D eigenvalue weighted by Gasteiger charge is 2.32. The molecule has 1 heterocycles. The number of hydrogen-bond acceptors (Lipinski definition) is 4. The van der Waals surface area contributed by atoms with Crippen LogP contribution in [0.25, 0.3) is 10.8 Å². The number of amides is 1. The molecule has 3 aromatic rings. The van der Waals surface area contributed by atoms with Crippen LogP contribution in [0.1, 0.15) is 18.4 Å². The SMILES string of the molecule is O=C(NCCOc1ccc2ccccc2c1)[C@H]1CCCN(S(=O)(=O)Cc2ccc(Cl)cc2)C1. The Hall–Kier alpha value is -2.61. The first-order valence-electron chi connectivity index (χ1n) is 11.0. The van der Waals surface area contributed by atoms with Crippen LogP contribution < -0.4 is 10.1 Å². The maximum absolute atomic E-state index is 12.9. The van der Waals surface area contributed by atoms with E-state index in [4.69, 9.17) is 16.3 Å². The number of rotatable bonds is 8. The summed E-state index contributed by atoms with van der Waals surface area (Å²) in [5.41, 5.74) is 0.678. The van der Waals surface area contributed by atoms with Crippen molar-refractivity contribution in [3.63, 3.8) is 0 Å². The van der Waals surface area contributed by atoms with Crippen molar-refractivity contribution in [1.82, 2.24) is 9.62 Å². The molecule has 1 fully saturated rings. The number of piperidine rings is 1. The third-order valence-corrected chi connectivity index (χ3v) is 7.87. The van der Waals surface area contributed by atoms with Gasteiger partial charge < -0.3 is 10.1 Å². The number of carbonyl (C=O) groups excluding carboxylic acids is 1. The Labute approximate surface area is 199 Å². The highest BCUT2D eigenvalue weighted by atomic mass is 35.5. The van der Waals surface area contributed by atoms with Crippen LogP contribution in [0.5, 0.6) is 5.75 Å². The van der Waals surface area contributed by atoms with Crippen LogP contribution in [0.15, 0.2) is 66.7 Å². The molecule has 0 spiro atoms. The lowest BCUT2D eigenvalue weighted by Crippen LogP contribution is -2.46. The molecule has 8 heteroatoms. The molecule has 0 bridgehead atoms. The zero-order chi connectivity index (χ0) is 23.3. The Morgan fingerprint density at radius 1 is 1.06 bits per heavy atom. The Morgan fingerprint density at radius 3 is 2.61 bits per heavy atom. The molecule has 0 aromatic heterocycles. The molecule has 1 N–H and O–H groups in total. The standard InChI is InChI=1S/C25H27ClN2O4S/c26-23-10-7-19(8-11-23)18-33(30,31)28-14-3-6-22(17-28)25(29)27-13-15-32-24-12-9-20-4-1-2-5-21(20)16-24/h1-2,4-5,7-12,16,22H,3,6,13-15,17-18H2,(H,27,29)/t22-/m0/s1. The molecule has 4 rings (SSSR count). The van der Waals surface area contributed by atoms with Gasteiger partial charge in [-0.1, -0.05) is 54.1 Å². The fraction of sp³-hybridized carbons (Fsp3) is 0.320. The minimum atomic E-state index is -3.51. The highest BCUT2D eigenvalue weighted by Crippen LogP contribution is 2.23. The van der Waals surface area contributed by atoms with Gasteiger partial charge in [0, 0.05) is 18.1 Å². The number of nitrogens with one attached hydrogen (secondary N) is 1. The van der Waals surface area contributed by atoms with Gasteiger partial charge in [-0.05, 0) is 53.4 Å². The number of halogens is 1. The monoisotopic (exact) mass is 486 g/mol. The van der Waals surface area contributed by atoms with Crippen molar-refractivity contribution in [1.29, 1.82) is 0 Å². The minimum Gasteiger partial charge on any atom is -0.492 e. The van der Waals surface area contributed by atoms with Crippen molar-refractivity contribution < 1.29 is 17.9 Å². The molecule has 3 aromatic carbocycles. The maximum Gasteiger partial charge on any atom is 0.224 e. The van der Waals surface area contributed by atoms with E-state index < -0.39 is 10.0 Å². The van der Waals surface area contributed by atoms with Gasteiger partial charge in [-0.2, -0.15) is 0 Å². The van der Waals surface area contributed by atoms with Crippen LogP contribution in [0, 0.1) is 5.92 Å². The largest absolute Gasteiger partial charge is 0.492 e. The van der Waals surface area contributed by atoms with E-state index >= 15 is 0 Å². The molecule has 1 saturated heterocycles. The molecule has 0 saturated carbocycles. The number of hydrogen-bond donors (Lipinski definition) is 1. The molecule has 0 aliphatic carbocycles. The zero-order valence-electron chi connectivity index (χ0n) is 18.2. The van der Waals surface area contributed by atoms with Crippen molar-refractivity contribution in [3.05, 3.63) is 77.3 Å². The molecular formula is C25H27ClN2O4S.